The summed E-state index contributed by atoms with van der Waals surface area (Å²) in [6.45, 7) is 0.787. The van der Waals surface area contributed by atoms with Gasteiger partial charge in [-0.2, -0.15) is 0 Å². The first-order valence-corrected chi connectivity index (χ1v) is 5.13. The molecule has 0 unspecified atom stereocenters. The average Bonchev–Trinajstić information content (AvgIpc) is 2.69. The number of carbonyl (C=O) groups is 1. The van der Waals surface area contributed by atoms with Crippen LogP contribution in [-0.4, -0.2) is 28.9 Å². The number of nitrogens with one attached hydrogen (secondary N) is 2. The van der Waals surface area contributed by atoms with E-state index in [9.17, 15) is 4.79 Å². The number of hydrogen-bond donors (Lipinski definition) is 2. The molecule has 2 rings (SSSR count). The van der Waals surface area contributed by atoms with Crippen molar-refractivity contribution in [3.63, 3.8) is 0 Å². The minimum absolute atomic E-state index is 0.0282. The molecule has 0 aliphatic rings. The van der Waals surface area contributed by atoms with Gasteiger partial charge in [0.25, 0.3) is 0 Å². The highest BCUT2D eigenvalue weighted by atomic mass is 16.1. The van der Waals surface area contributed by atoms with Crippen LogP contribution < -0.4 is 10.6 Å². The summed E-state index contributed by atoms with van der Waals surface area (Å²) in [5, 5.41) is 5.58. The van der Waals surface area contributed by atoms with Crippen LogP contribution in [0.4, 0.5) is 0 Å². The van der Waals surface area contributed by atoms with Crippen LogP contribution in [0, 0.1) is 0 Å². The summed E-state index contributed by atoms with van der Waals surface area (Å²) in [6, 6.07) is 5.81. The van der Waals surface area contributed by atoms with Crippen molar-refractivity contribution >= 4 is 11.6 Å². The number of aromatic nitrogens is 2. The molecule has 0 aromatic carbocycles. The quantitative estimate of drug-likeness (QED) is 0.769. The lowest BCUT2D eigenvalue weighted by molar-refractivity contribution is -0.120. The van der Waals surface area contributed by atoms with E-state index in [0.717, 1.165) is 11.3 Å². The highest BCUT2D eigenvalue weighted by Crippen LogP contribution is 2.03. The van der Waals surface area contributed by atoms with Gasteiger partial charge < -0.3 is 15.0 Å². The lowest BCUT2D eigenvalue weighted by Gasteiger charge is -2.01. The maximum atomic E-state index is 11.2. The molecule has 2 aromatic rings. The van der Waals surface area contributed by atoms with Crippen LogP contribution >= 0.6 is 0 Å². The Morgan fingerprint density at radius 2 is 2.38 bits per heavy atom. The van der Waals surface area contributed by atoms with Gasteiger partial charge in [0.15, 0.2) is 0 Å². The van der Waals surface area contributed by atoms with Gasteiger partial charge in [-0.3, -0.25) is 4.79 Å². The second kappa shape index (κ2) is 4.76. The van der Waals surface area contributed by atoms with Crippen molar-refractivity contribution in [3.8, 4) is 0 Å². The zero-order chi connectivity index (χ0) is 11.4. The second-order valence-electron chi connectivity index (χ2n) is 3.51. The van der Waals surface area contributed by atoms with Gasteiger partial charge in [0, 0.05) is 12.4 Å². The van der Waals surface area contributed by atoms with Crippen molar-refractivity contribution in [2.24, 2.45) is 0 Å². The van der Waals surface area contributed by atoms with Gasteiger partial charge in [-0.1, -0.05) is 6.07 Å². The molecule has 2 N–H and O–H groups in total. The normalized spacial score (nSPS) is 10.6. The van der Waals surface area contributed by atoms with E-state index in [1.165, 1.54) is 0 Å². The highest BCUT2D eigenvalue weighted by molar-refractivity contribution is 5.77. The van der Waals surface area contributed by atoms with Crippen LogP contribution in [0.15, 0.2) is 30.6 Å². The van der Waals surface area contributed by atoms with Gasteiger partial charge in [-0.15, -0.1) is 0 Å². The zero-order valence-electron chi connectivity index (χ0n) is 9.10. The molecule has 0 saturated heterocycles. The minimum Gasteiger partial charge on any atom is -0.349 e. The van der Waals surface area contributed by atoms with Crippen LogP contribution in [0.1, 0.15) is 5.69 Å². The summed E-state index contributed by atoms with van der Waals surface area (Å²) in [6.07, 6.45) is 3.84. The number of rotatable bonds is 4. The molecule has 0 aliphatic heterocycles. The number of likely N-dealkylation sites (N-methyl/N-ethyl adjacent to an activating group) is 1. The summed E-state index contributed by atoms with van der Waals surface area (Å²) >= 11 is 0. The Bertz CT molecular complexity index is 458. The van der Waals surface area contributed by atoms with Gasteiger partial charge >= 0.3 is 0 Å². The van der Waals surface area contributed by atoms with E-state index >= 15 is 0 Å². The molecular formula is C11H14N4O. The molecule has 2 heterocycles. The maximum absolute atomic E-state index is 11.2. The highest BCUT2D eigenvalue weighted by Gasteiger charge is 2.02. The molecule has 0 aliphatic carbocycles. The summed E-state index contributed by atoms with van der Waals surface area (Å²) in [4.78, 5) is 15.6. The van der Waals surface area contributed by atoms with E-state index in [0.29, 0.717) is 13.1 Å². The number of carbonyl (C=O) groups excluding carboxylic acids is 1. The van der Waals surface area contributed by atoms with Crippen LogP contribution in [0.2, 0.25) is 0 Å². The Balaban J connectivity index is 2.02. The summed E-state index contributed by atoms with van der Waals surface area (Å²) in [7, 11) is 1.74. The number of pyridine rings is 1. The Kier molecular flexibility index (Phi) is 3.16. The molecule has 1 amide bonds. The van der Waals surface area contributed by atoms with Gasteiger partial charge in [0.1, 0.15) is 5.65 Å². The fourth-order valence-corrected chi connectivity index (χ4v) is 1.48. The van der Waals surface area contributed by atoms with Crippen molar-refractivity contribution in [2.45, 2.75) is 6.54 Å². The lowest BCUT2D eigenvalue weighted by Crippen LogP contribution is -2.31. The second-order valence-corrected chi connectivity index (χ2v) is 3.51. The largest absolute Gasteiger partial charge is 0.349 e. The van der Waals surface area contributed by atoms with E-state index in [-0.39, 0.29) is 5.91 Å². The van der Waals surface area contributed by atoms with Gasteiger partial charge in [0.05, 0.1) is 18.8 Å². The Hall–Kier alpha value is -1.88. The van der Waals surface area contributed by atoms with Crippen molar-refractivity contribution in [3.05, 3.63) is 36.3 Å². The molecule has 0 bridgehead atoms. The van der Waals surface area contributed by atoms with Gasteiger partial charge in [-0.05, 0) is 19.2 Å². The molecule has 0 fully saturated rings. The van der Waals surface area contributed by atoms with E-state index in [2.05, 4.69) is 15.6 Å². The summed E-state index contributed by atoms with van der Waals surface area (Å²) < 4.78 is 1.93. The smallest absolute Gasteiger partial charge is 0.234 e. The van der Waals surface area contributed by atoms with Crippen LogP contribution in [0.3, 0.4) is 0 Å². The third-order valence-electron chi connectivity index (χ3n) is 2.22. The van der Waals surface area contributed by atoms with Crippen molar-refractivity contribution in [2.75, 3.05) is 13.6 Å². The molecule has 0 atom stereocenters. The first kappa shape index (κ1) is 10.6. The molecule has 16 heavy (non-hydrogen) atoms. The molecular weight excluding hydrogens is 204 g/mol. The number of hydrogen-bond acceptors (Lipinski definition) is 3. The van der Waals surface area contributed by atoms with E-state index < -0.39 is 0 Å². The molecule has 0 spiro atoms. The predicted octanol–water partition coefficient (Wildman–Crippen LogP) is 0.170. The lowest BCUT2D eigenvalue weighted by atomic mass is 10.4. The number of fused-ring (bicyclic) bond motifs is 1. The zero-order valence-corrected chi connectivity index (χ0v) is 9.10. The van der Waals surface area contributed by atoms with Crippen molar-refractivity contribution < 1.29 is 4.79 Å². The van der Waals surface area contributed by atoms with Crippen LogP contribution in [0.25, 0.3) is 5.65 Å². The van der Waals surface area contributed by atoms with E-state index in [4.69, 9.17) is 0 Å². The topological polar surface area (TPSA) is 58.4 Å². The molecule has 0 radical (unpaired) electrons. The van der Waals surface area contributed by atoms with E-state index in [1.54, 1.807) is 7.05 Å². The molecule has 5 nitrogen and oxygen atoms in total. The first-order valence-electron chi connectivity index (χ1n) is 5.13. The Morgan fingerprint density at radius 1 is 1.50 bits per heavy atom. The molecule has 0 saturated carbocycles. The summed E-state index contributed by atoms with van der Waals surface area (Å²) in [5.41, 5.74) is 1.75. The molecule has 5 heteroatoms. The third-order valence-corrected chi connectivity index (χ3v) is 2.22. The SMILES string of the molecule is CNCC(=O)NCc1cn2ccccc2n1. The predicted molar refractivity (Wildman–Crippen MR) is 61.0 cm³/mol. The molecule has 2 aromatic heterocycles. The Morgan fingerprint density at radius 3 is 3.12 bits per heavy atom. The monoisotopic (exact) mass is 218 g/mol. The number of imidazole rings is 1. The number of amides is 1. The van der Waals surface area contributed by atoms with Crippen molar-refractivity contribution in [1.82, 2.24) is 20.0 Å². The molecule has 84 valence electrons. The van der Waals surface area contributed by atoms with Crippen LogP contribution in [-0.2, 0) is 11.3 Å². The number of nitrogens with zero attached hydrogens (tertiary/aromatic N) is 2. The van der Waals surface area contributed by atoms with Gasteiger partial charge in [0.2, 0.25) is 5.91 Å². The first-order chi connectivity index (χ1) is 7.79. The minimum atomic E-state index is -0.0282. The summed E-state index contributed by atoms with van der Waals surface area (Å²) in [5.74, 6) is -0.0282. The fourth-order valence-electron chi connectivity index (χ4n) is 1.48. The fraction of sp³-hybridized carbons (Fsp3) is 0.273. The Labute approximate surface area is 93.5 Å². The standard InChI is InChI=1S/C11H14N4O/c1-12-7-11(16)13-6-9-8-15-5-3-2-4-10(15)14-9/h2-5,8,12H,6-7H2,1H3,(H,13,16). The maximum Gasteiger partial charge on any atom is 0.234 e. The van der Waals surface area contributed by atoms with E-state index in [1.807, 2.05) is 35.0 Å². The van der Waals surface area contributed by atoms with Gasteiger partial charge in [-0.25, -0.2) is 4.98 Å². The van der Waals surface area contributed by atoms with Crippen molar-refractivity contribution in [1.29, 1.82) is 0 Å². The average molecular weight is 218 g/mol. The van der Waals surface area contributed by atoms with Crippen LogP contribution in [0.5, 0.6) is 0 Å². The third kappa shape index (κ3) is 2.38.